The summed E-state index contributed by atoms with van der Waals surface area (Å²) in [6.07, 6.45) is 6.98. The molecule has 3 rings (SSSR count). The zero-order chi connectivity index (χ0) is 20.1. The molecular formula is C21H27N3O3S. The lowest BCUT2D eigenvalue weighted by molar-refractivity contribution is -0.213. The van der Waals surface area contributed by atoms with Gasteiger partial charge in [-0.25, -0.2) is 8.93 Å². The van der Waals surface area contributed by atoms with Gasteiger partial charge in [-0.1, -0.05) is 31.0 Å². The summed E-state index contributed by atoms with van der Waals surface area (Å²) in [5.74, 6) is 0.112. The monoisotopic (exact) mass is 401 g/mol. The molecule has 0 radical (unpaired) electrons. The topological polar surface area (TPSA) is 98.8 Å². The van der Waals surface area contributed by atoms with Crippen LogP contribution in [-0.4, -0.2) is 25.1 Å². The minimum Gasteiger partial charge on any atom is -0.858 e. The molecule has 1 aromatic heterocycles. The van der Waals surface area contributed by atoms with E-state index in [-0.39, 0.29) is 17.7 Å². The second kappa shape index (κ2) is 8.73. The molecule has 2 N–H and O–H groups in total. The molecule has 1 aliphatic carbocycles. The van der Waals surface area contributed by atoms with Gasteiger partial charge >= 0.3 is 10.0 Å². The van der Waals surface area contributed by atoms with Crippen LogP contribution in [0.4, 0.5) is 5.69 Å². The maximum Gasteiger partial charge on any atom is 0.365 e. The fourth-order valence-electron chi connectivity index (χ4n) is 3.10. The first-order chi connectivity index (χ1) is 13.4. The first-order valence-electron chi connectivity index (χ1n) is 9.67. The zero-order valence-electron chi connectivity index (χ0n) is 16.3. The lowest BCUT2D eigenvalue weighted by Gasteiger charge is -2.20. The van der Waals surface area contributed by atoms with E-state index in [0.29, 0.717) is 23.6 Å². The Balaban J connectivity index is 1.93. The van der Waals surface area contributed by atoms with E-state index in [0.717, 1.165) is 30.4 Å². The number of aryl methyl sites for hydroxylation is 1. The molecule has 0 saturated heterocycles. The number of rotatable bonds is 9. The molecular weight excluding hydrogens is 374 g/mol. The Morgan fingerprint density at radius 2 is 2.21 bits per heavy atom. The van der Waals surface area contributed by atoms with Crippen LogP contribution in [0.1, 0.15) is 55.3 Å². The van der Waals surface area contributed by atoms with Crippen molar-refractivity contribution in [1.29, 1.82) is 0 Å². The second-order valence-corrected chi connectivity index (χ2v) is 9.25. The van der Waals surface area contributed by atoms with E-state index in [9.17, 15) is 13.5 Å². The largest absolute Gasteiger partial charge is 0.858 e. The first-order valence-corrected chi connectivity index (χ1v) is 11.4. The molecule has 0 aliphatic heterocycles. The molecule has 1 aliphatic rings. The number of pyridine rings is 1. The van der Waals surface area contributed by atoms with Gasteiger partial charge in [0.2, 0.25) is 0 Å². The molecule has 0 spiro atoms. The van der Waals surface area contributed by atoms with Crippen LogP contribution in [0.3, 0.4) is 0 Å². The summed E-state index contributed by atoms with van der Waals surface area (Å²) in [6.45, 7) is 3.85. The molecule has 1 saturated carbocycles. The Bertz CT molecular complexity index is 939. The highest BCUT2D eigenvalue weighted by atomic mass is 32.2. The van der Waals surface area contributed by atoms with E-state index in [2.05, 4.69) is 14.7 Å². The number of nitrogens with one attached hydrogen (secondary N) is 1. The van der Waals surface area contributed by atoms with Gasteiger partial charge in [0.1, 0.15) is 5.75 Å². The predicted octanol–water partition coefficient (Wildman–Crippen LogP) is 3.35. The van der Waals surface area contributed by atoms with Crippen molar-refractivity contribution in [2.75, 3.05) is 10.5 Å². The number of aliphatic imine (C=N–C) groups is 1. The number of anilines is 1. The lowest BCUT2D eigenvalue weighted by atomic mass is 10.0. The molecule has 2 atom stereocenters. The highest BCUT2D eigenvalue weighted by Gasteiger charge is 2.32. The Morgan fingerprint density at radius 1 is 1.43 bits per heavy atom. The summed E-state index contributed by atoms with van der Waals surface area (Å²) < 4.78 is 25.3. The standard InChI is InChI=1S/C21H27N3O3S/c1-3-4-12-28(26,27)24-19-10-7-15(2)13-18(19)21(25)23-20(16-8-9-16)17-6-5-11-22-14-17/h5-7,10-11,13-14,16,20H,3-4,8-9,12H2,1-2H3,(H,23,25)(H,24,26,27). The zero-order valence-corrected chi connectivity index (χ0v) is 17.1. The Labute approximate surface area is 166 Å². The van der Waals surface area contributed by atoms with Crippen LogP contribution in [0.25, 0.3) is 0 Å². The molecule has 2 unspecified atom stereocenters. The Hall–Kier alpha value is -2.41. The summed E-state index contributed by atoms with van der Waals surface area (Å²) in [4.78, 5) is 8.63. The summed E-state index contributed by atoms with van der Waals surface area (Å²) in [5.41, 5.74) is 2.50. The molecule has 1 fully saturated rings. The Morgan fingerprint density at radius 3 is 2.86 bits per heavy atom. The number of nitrogens with zero attached hydrogens (tertiary/aromatic N) is 2. The quantitative estimate of drug-likeness (QED) is 0.396. The van der Waals surface area contributed by atoms with Crippen molar-refractivity contribution in [3.8, 4) is 0 Å². The van der Waals surface area contributed by atoms with Gasteiger partial charge in [-0.2, -0.15) is 4.21 Å². The maximum atomic E-state index is 13.0. The average Bonchev–Trinajstić information content (AvgIpc) is 3.51. The molecule has 1 aromatic carbocycles. The van der Waals surface area contributed by atoms with E-state index < -0.39 is 10.0 Å². The number of aromatic nitrogens is 1. The fraction of sp³-hybridized carbons (Fsp3) is 0.429. The van der Waals surface area contributed by atoms with Crippen molar-refractivity contribution in [1.82, 2.24) is 4.98 Å². The van der Waals surface area contributed by atoms with Crippen LogP contribution in [0.5, 0.6) is 0 Å². The molecule has 7 heteroatoms. The van der Waals surface area contributed by atoms with E-state index in [1.54, 1.807) is 24.5 Å². The molecule has 150 valence electrons. The number of benzene rings is 1. The highest BCUT2D eigenvalue weighted by molar-refractivity contribution is 7.92. The maximum absolute atomic E-state index is 13.0. The fourth-order valence-corrected chi connectivity index (χ4v) is 4.40. The number of unbranched alkanes of at least 4 members (excludes halogenated alkanes) is 1. The van der Waals surface area contributed by atoms with Crippen molar-refractivity contribution >= 4 is 21.6 Å². The summed E-state index contributed by atoms with van der Waals surface area (Å²) >= 11 is 0. The molecule has 28 heavy (non-hydrogen) atoms. The third-order valence-corrected chi connectivity index (χ3v) is 6.18. The van der Waals surface area contributed by atoms with Gasteiger partial charge in [-0.3, -0.25) is 9.98 Å². The summed E-state index contributed by atoms with van der Waals surface area (Å²) in [7, 11) is -3.25. The smallest absolute Gasteiger partial charge is 0.365 e. The van der Waals surface area contributed by atoms with Gasteiger partial charge in [-0.05, 0) is 61.8 Å². The van der Waals surface area contributed by atoms with Crippen LogP contribution in [0.2, 0.25) is 0 Å². The molecule has 0 bridgehead atoms. The van der Waals surface area contributed by atoms with Crippen molar-refractivity contribution in [2.45, 2.75) is 45.6 Å². The van der Waals surface area contributed by atoms with Crippen LogP contribution >= 0.6 is 0 Å². The summed E-state index contributed by atoms with van der Waals surface area (Å²) in [6, 6.07) is 8.76. The van der Waals surface area contributed by atoms with Crippen molar-refractivity contribution < 1.29 is 13.5 Å². The molecule has 2 aromatic rings. The van der Waals surface area contributed by atoms with Gasteiger partial charge < -0.3 is 5.11 Å². The van der Waals surface area contributed by atoms with Gasteiger partial charge in [0.25, 0.3) is 0 Å². The first kappa shape index (κ1) is 20.3. The molecule has 0 amide bonds. The lowest BCUT2D eigenvalue weighted by Crippen LogP contribution is -2.24. The van der Waals surface area contributed by atoms with E-state index in [1.165, 1.54) is 0 Å². The van der Waals surface area contributed by atoms with Crippen molar-refractivity contribution in [2.24, 2.45) is 10.9 Å². The molecule has 1 heterocycles. The number of hydrogen-bond acceptors (Lipinski definition) is 4. The van der Waals surface area contributed by atoms with Crippen LogP contribution < -0.4 is 9.83 Å². The van der Waals surface area contributed by atoms with Crippen LogP contribution in [-0.2, 0) is 10.0 Å². The van der Waals surface area contributed by atoms with Crippen LogP contribution in [0, 0.1) is 12.8 Å². The normalized spacial score (nSPS) is 17.7. The Kier molecular flexibility index (Phi) is 6.34. The summed E-state index contributed by atoms with van der Waals surface area (Å²) in [5, 5.41) is 13.0. The third-order valence-electron chi connectivity index (χ3n) is 4.80. The molecule has 6 nitrogen and oxygen atoms in total. The minimum absolute atomic E-state index is 0.141. The van der Waals surface area contributed by atoms with Crippen molar-refractivity contribution in [3.63, 3.8) is 0 Å². The minimum atomic E-state index is -3.25. The van der Waals surface area contributed by atoms with E-state index in [4.69, 9.17) is 0 Å². The van der Waals surface area contributed by atoms with Gasteiger partial charge in [0, 0.05) is 18.0 Å². The highest BCUT2D eigenvalue weighted by Crippen LogP contribution is 2.43. The predicted molar refractivity (Wildman–Crippen MR) is 111 cm³/mol. The van der Waals surface area contributed by atoms with E-state index in [1.807, 2.05) is 32.0 Å². The second-order valence-electron chi connectivity index (χ2n) is 7.35. The van der Waals surface area contributed by atoms with E-state index >= 15 is 0 Å². The average molecular weight is 402 g/mol. The van der Waals surface area contributed by atoms with Gasteiger partial charge in [0.15, 0.2) is 0 Å². The number of hydrogen-bond donors (Lipinski definition) is 1. The SMILES string of the molecule is CCCCS(=O)(=[OH+])Nc1ccc(C)cc1C([O-])=NC(c1cccnc1)C1CC1. The third kappa shape index (κ3) is 5.32. The van der Waals surface area contributed by atoms with Gasteiger partial charge in [-0.15, -0.1) is 0 Å². The van der Waals surface area contributed by atoms with Crippen LogP contribution in [0.15, 0.2) is 47.7 Å². The van der Waals surface area contributed by atoms with Crippen molar-refractivity contribution in [3.05, 3.63) is 59.4 Å². The van der Waals surface area contributed by atoms with Gasteiger partial charge in [0.05, 0.1) is 11.7 Å².